The van der Waals surface area contributed by atoms with Gasteiger partial charge in [-0.1, -0.05) is 0 Å². The van der Waals surface area contributed by atoms with E-state index in [1.807, 2.05) is 6.92 Å². The molecule has 144 valence electrons. The number of pyridine rings is 1. The SMILES string of the molecule is C[C@]1(O)CC[C@@H](n2c(=O)[nH]c3cnc(-c4cnc5ccc(F)cn45)nc32)CC1. The Hall–Kier alpha value is -3.07. The number of fused-ring (bicyclic) bond motifs is 2. The zero-order chi connectivity index (χ0) is 19.5. The van der Waals surface area contributed by atoms with E-state index in [-0.39, 0.29) is 17.5 Å². The molecule has 1 aliphatic rings. The number of imidazole rings is 2. The van der Waals surface area contributed by atoms with Crippen LogP contribution in [0.15, 0.2) is 35.5 Å². The Morgan fingerprint density at radius 3 is 2.82 bits per heavy atom. The molecule has 0 amide bonds. The Morgan fingerprint density at radius 2 is 2.04 bits per heavy atom. The zero-order valence-electron chi connectivity index (χ0n) is 15.3. The zero-order valence-corrected chi connectivity index (χ0v) is 15.3. The summed E-state index contributed by atoms with van der Waals surface area (Å²) in [4.78, 5) is 28.6. The lowest BCUT2D eigenvalue weighted by Gasteiger charge is -2.33. The molecule has 9 heteroatoms. The van der Waals surface area contributed by atoms with Crippen molar-refractivity contribution >= 4 is 16.8 Å². The predicted molar refractivity (Wildman–Crippen MR) is 100 cm³/mol. The van der Waals surface area contributed by atoms with Gasteiger partial charge in [-0.2, -0.15) is 0 Å². The highest BCUT2D eigenvalue weighted by Gasteiger charge is 2.31. The summed E-state index contributed by atoms with van der Waals surface area (Å²) in [5, 5.41) is 10.2. The fraction of sp³-hybridized carbons (Fsp3) is 0.368. The van der Waals surface area contributed by atoms with Crippen LogP contribution in [0.1, 0.15) is 38.6 Å². The summed E-state index contributed by atoms with van der Waals surface area (Å²) in [5.74, 6) is -0.0261. The maximum Gasteiger partial charge on any atom is 0.327 e. The predicted octanol–water partition coefficient (Wildman–Crippen LogP) is 2.44. The van der Waals surface area contributed by atoms with Crippen molar-refractivity contribution in [2.75, 3.05) is 0 Å². The number of aromatic nitrogens is 6. The maximum atomic E-state index is 13.7. The first kappa shape index (κ1) is 17.1. The third-order valence-electron chi connectivity index (χ3n) is 5.55. The molecule has 4 heterocycles. The molecule has 0 unspecified atom stereocenters. The quantitative estimate of drug-likeness (QED) is 0.555. The van der Waals surface area contributed by atoms with Crippen molar-refractivity contribution in [3.05, 3.63) is 47.0 Å². The standard InChI is InChI=1S/C19H19FN6O2/c1-19(28)6-4-12(5-7-19)26-17-13(23-18(26)27)8-22-16(24-17)14-9-21-15-3-2-11(20)10-25(14)15/h2-3,8-10,12,28H,4-7H2,1H3,(H,23,27)/t12-,19+. The molecule has 0 aromatic carbocycles. The lowest BCUT2D eigenvalue weighted by molar-refractivity contribution is 0.00997. The number of rotatable bonds is 2. The molecule has 2 N–H and O–H groups in total. The monoisotopic (exact) mass is 382 g/mol. The maximum absolute atomic E-state index is 13.7. The van der Waals surface area contributed by atoms with Gasteiger partial charge in [0.2, 0.25) is 0 Å². The van der Waals surface area contributed by atoms with E-state index in [2.05, 4.69) is 19.9 Å². The second-order valence-electron chi connectivity index (χ2n) is 7.68. The number of halogens is 1. The number of nitrogens with zero attached hydrogens (tertiary/aromatic N) is 5. The second kappa shape index (κ2) is 5.96. The van der Waals surface area contributed by atoms with Gasteiger partial charge < -0.3 is 10.1 Å². The van der Waals surface area contributed by atoms with Gasteiger partial charge in [-0.05, 0) is 44.7 Å². The minimum atomic E-state index is -0.688. The Labute approximate surface area is 158 Å². The van der Waals surface area contributed by atoms with Crippen LogP contribution in [0.3, 0.4) is 0 Å². The largest absolute Gasteiger partial charge is 0.390 e. The topological polar surface area (TPSA) is 101 Å². The molecule has 1 saturated carbocycles. The highest BCUT2D eigenvalue weighted by Crippen LogP contribution is 2.35. The fourth-order valence-electron chi connectivity index (χ4n) is 3.98. The van der Waals surface area contributed by atoms with Gasteiger partial charge in [-0.3, -0.25) is 8.97 Å². The van der Waals surface area contributed by atoms with Crippen molar-refractivity contribution in [1.29, 1.82) is 0 Å². The van der Waals surface area contributed by atoms with Crippen molar-refractivity contribution in [1.82, 2.24) is 28.9 Å². The summed E-state index contributed by atoms with van der Waals surface area (Å²) in [6, 6.07) is 2.89. The van der Waals surface area contributed by atoms with Gasteiger partial charge in [0.05, 0.1) is 18.0 Å². The summed E-state index contributed by atoms with van der Waals surface area (Å²) in [5.41, 5.74) is 1.26. The summed E-state index contributed by atoms with van der Waals surface area (Å²) in [6.07, 6.45) is 7.12. The first-order chi connectivity index (χ1) is 13.4. The van der Waals surface area contributed by atoms with Gasteiger partial charge in [0.25, 0.3) is 0 Å². The van der Waals surface area contributed by atoms with Gasteiger partial charge in [0.15, 0.2) is 11.5 Å². The molecule has 5 rings (SSSR count). The van der Waals surface area contributed by atoms with Crippen LogP contribution in [-0.2, 0) is 0 Å². The highest BCUT2D eigenvalue weighted by atomic mass is 19.1. The Morgan fingerprint density at radius 1 is 1.25 bits per heavy atom. The first-order valence-corrected chi connectivity index (χ1v) is 9.24. The van der Waals surface area contributed by atoms with E-state index in [1.54, 1.807) is 27.4 Å². The third kappa shape index (κ3) is 2.70. The van der Waals surface area contributed by atoms with E-state index in [0.29, 0.717) is 54.0 Å². The summed E-state index contributed by atoms with van der Waals surface area (Å²) < 4.78 is 16.9. The Balaban J connectivity index is 1.63. The number of hydrogen-bond donors (Lipinski definition) is 2. The van der Waals surface area contributed by atoms with Gasteiger partial charge in [-0.25, -0.2) is 24.1 Å². The number of aliphatic hydroxyl groups is 1. The van der Waals surface area contributed by atoms with Crippen molar-refractivity contribution in [2.24, 2.45) is 0 Å². The van der Waals surface area contributed by atoms with E-state index in [9.17, 15) is 14.3 Å². The fourth-order valence-corrected chi connectivity index (χ4v) is 3.98. The molecule has 0 spiro atoms. The highest BCUT2D eigenvalue weighted by molar-refractivity contribution is 5.72. The van der Waals surface area contributed by atoms with Crippen molar-refractivity contribution < 1.29 is 9.50 Å². The molecule has 1 aliphatic carbocycles. The Kier molecular flexibility index (Phi) is 3.63. The van der Waals surface area contributed by atoms with E-state index in [0.717, 1.165) is 0 Å². The summed E-state index contributed by atoms with van der Waals surface area (Å²) in [6.45, 7) is 1.82. The molecular formula is C19H19FN6O2. The molecule has 4 aromatic heterocycles. The van der Waals surface area contributed by atoms with E-state index >= 15 is 0 Å². The molecule has 0 saturated heterocycles. The lowest BCUT2D eigenvalue weighted by Crippen LogP contribution is -2.34. The normalized spacial score (nSPS) is 22.9. The van der Waals surface area contributed by atoms with Gasteiger partial charge >= 0.3 is 5.69 Å². The molecular weight excluding hydrogens is 363 g/mol. The molecule has 0 radical (unpaired) electrons. The molecule has 28 heavy (non-hydrogen) atoms. The van der Waals surface area contributed by atoms with Crippen LogP contribution in [0.25, 0.3) is 28.3 Å². The molecule has 4 aromatic rings. The van der Waals surface area contributed by atoms with Gasteiger partial charge in [0.1, 0.15) is 22.7 Å². The molecule has 0 bridgehead atoms. The smallest absolute Gasteiger partial charge is 0.327 e. The number of H-pyrrole nitrogens is 1. The summed E-state index contributed by atoms with van der Waals surface area (Å²) in [7, 11) is 0. The van der Waals surface area contributed by atoms with Crippen molar-refractivity contribution in [3.8, 4) is 11.5 Å². The van der Waals surface area contributed by atoms with Crippen LogP contribution in [-0.4, -0.2) is 39.6 Å². The Bertz CT molecular complexity index is 1240. The van der Waals surface area contributed by atoms with Crippen LogP contribution in [0.4, 0.5) is 4.39 Å². The van der Waals surface area contributed by atoms with E-state index < -0.39 is 5.60 Å². The van der Waals surface area contributed by atoms with E-state index in [4.69, 9.17) is 0 Å². The minimum absolute atomic E-state index is 0.0381. The first-order valence-electron chi connectivity index (χ1n) is 9.24. The summed E-state index contributed by atoms with van der Waals surface area (Å²) >= 11 is 0. The van der Waals surface area contributed by atoms with Crippen LogP contribution in [0.5, 0.6) is 0 Å². The number of aromatic amines is 1. The van der Waals surface area contributed by atoms with Gasteiger partial charge in [-0.15, -0.1) is 0 Å². The van der Waals surface area contributed by atoms with Crippen LogP contribution in [0, 0.1) is 5.82 Å². The second-order valence-corrected chi connectivity index (χ2v) is 7.68. The van der Waals surface area contributed by atoms with Crippen molar-refractivity contribution in [2.45, 2.75) is 44.2 Å². The van der Waals surface area contributed by atoms with Gasteiger partial charge in [0, 0.05) is 12.2 Å². The average molecular weight is 382 g/mol. The van der Waals surface area contributed by atoms with Crippen molar-refractivity contribution in [3.63, 3.8) is 0 Å². The number of hydrogen-bond acceptors (Lipinski definition) is 5. The average Bonchev–Trinajstić information content (AvgIpc) is 3.21. The number of nitrogens with one attached hydrogen (secondary N) is 1. The minimum Gasteiger partial charge on any atom is -0.390 e. The van der Waals surface area contributed by atoms with Crippen LogP contribution >= 0.6 is 0 Å². The lowest BCUT2D eigenvalue weighted by atomic mass is 9.83. The van der Waals surface area contributed by atoms with Crippen LogP contribution in [0.2, 0.25) is 0 Å². The molecule has 0 aliphatic heterocycles. The molecule has 0 atom stereocenters. The molecule has 8 nitrogen and oxygen atoms in total. The third-order valence-corrected chi connectivity index (χ3v) is 5.55. The molecule has 1 fully saturated rings. The van der Waals surface area contributed by atoms with E-state index in [1.165, 1.54) is 12.3 Å². The van der Waals surface area contributed by atoms with Crippen LogP contribution < -0.4 is 5.69 Å².